The number of ketones is 1. The molecule has 0 bridgehead atoms. The first kappa shape index (κ1) is 14.8. The zero-order valence-electron chi connectivity index (χ0n) is 11.1. The molecule has 1 aromatic carbocycles. The Labute approximate surface area is 113 Å². The molecule has 0 fully saturated rings. The van der Waals surface area contributed by atoms with E-state index in [2.05, 4.69) is 11.2 Å². The first-order valence-corrected chi connectivity index (χ1v) is 6.10. The zero-order chi connectivity index (χ0) is 14.3. The molecule has 0 aromatic heterocycles. The monoisotopic (exact) mass is 259 g/mol. The van der Waals surface area contributed by atoms with Gasteiger partial charge in [-0.05, 0) is 19.1 Å². The molecule has 0 spiro atoms. The fourth-order valence-electron chi connectivity index (χ4n) is 1.52. The molecule has 1 amide bonds. The van der Waals surface area contributed by atoms with Gasteiger partial charge in [-0.15, -0.1) is 6.42 Å². The minimum atomic E-state index is -0.709. The van der Waals surface area contributed by atoms with Crippen LogP contribution in [-0.4, -0.2) is 24.3 Å². The predicted molar refractivity (Wildman–Crippen MR) is 73.0 cm³/mol. The molecule has 0 heterocycles. The van der Waals surface area contributed by atoms with Crippen LogP contribution < -0.4 is 10.1 Å². The highest BCUT2D eigenvalue weighted by Gasteiger charge is 2.17. The fourth-order valence-corrected chi connectivity index (χ4v) is 1.52. The Morgan fingerprint density at radius 2 is 2.11 bits per heavy atom. The fraction of sp³-hybridized carbons (Fsp3) is 0.333. The third-order valence-corrected chi connectivity index (χ3v) is 2.55. The molecule has 19 heavy (non-hydrogen) atoms. The number of carbonyl (C=O) groups excluding carboxylic acids is 2. The second-order valence-electron chi connectivity index (χ2n) is 3.95. The van der Waals surface area contributed by atoms with Gasteiger partial charge in [0.15, 0.2) is 11.9 Å². The quantitative estimate of drug-likeness (QED) is 0.626. The Hall–Kier alpha value is -2.28. The van der Waals surface area contributed by atoms with Crippen molar-refractivity contribution in [2.24, 2.45) is 0 Å². The van der Waals surface area contributed by atoms with Crippen molar-refractivity contribution in [3.8, 4) is 18.1 Å². The van der Waals surface area contributed by atoms with Crippen LogP contribution in [0.4, 0.5) is 0 Å². The van der Waals surface area contributed by atoms with Crippen LogP contribution in [0.2, 0.25) is 0 Å². The number of nitrogens with one attached hydrogen (secondary N) is 1. The second-order valence-corrected chi connectivity index (χ2v) is 3.95. The minimum absolute atomic E-state index is 0.0215. The van der Waals surface area contributed by atoms with Gasteiger partial charge in [0.25, 0.3) is 5.91 Å². The number of terminal acetylenes is 1. The summed E-state index contributed by atoms with van der Waals surface area (Å²) < 4.78 is 5.53. The van der Waals surface area contributed by atoms with E-state index in [1.54, 1.807) is 38.1 Å². The number of Topliss-reactive ketones (excluding diaryl/α,β-unsaturated/α-hetero) is 1. The standard InChI is InChI=1S/C15H17NO3/c1-4-10-16-15(18)11(3)19-14-9-7-6-8-12(14)13(17)5-2/h1,6-9,11H,5,10H2,2-3H3,(H,16,18). The largest absolute Gasteiger partial charge is 0.480 e. The van der Waals surface area contributed by atoms with Crippen LogP contribution in [0.1, 0.15) is 30.6 Å². The minimum Gasteiger partial charge on any atom is -0.480 e. The highest BCUT2D eigenvalue weighted by atomic mass is 16.5. The number of para-hydroxylation sites is 1. The predicted octanol–water partition coefficient (Wildman–Crippen LogP) is 1.80. The van der Waals surface area contributed by atoms with Gasteiger partial charge in [0.1, 0.15) is 5.75 Å². The van der Waals surface area contributed by atoms with Gasteiger partial charge < -0.3 is 10.1 Å². The van der Waals surface area contributed by atoms with E-state index in [9.17, 15) is 9.59 Å². The lowest BCUT2D eigenvalue weighted by Gasteiger charge is -2.16. The lowest BCUT2D eigenvalue weighted by atomic mass is 10.1. The number of amides is 1. The molecule has 1 rings (SSSR count). The highest BCUT2D eigenvalue weighted by molar-refractivity contribution is 5.98. The average Bonchev–Trinajstić information content (AvgIpc) is 2.44. The molecule has 0 aliphatic rings. The number of rotatable bonds is 6. The SMILES string of the molecule is C#CCNC(=O)C(C)Oc1ccccc1C(=O)CC. The van der Waals surface area contributed by atoms with Crippen molar-refractivity contribution in [2.45, 2.75) is 26.4 Å². The van der Waals surface area contributed by atoms with Crippen molar-refractivity contribution in [1.82, 2.24) is 5.32 Å². The van der Waals surface area contributed by atoms with Crippen molar-refractivity contribution < 1.29 is 14.3 Å². The molecule has 100 valence electrons. The summed E-state index contributed by atoms with van der Waals surface area (Å²) in [6.07, 6.45) is 4.74. The Morgan fingerprint density at radius 1 is 1.42 bits per heavy atom. The molecule has 4 nitrogen and oxygen atoms in total. The molecule has 0 aliphatic carbocycles. The Balaban J connectivity index is 2.79. The number of benzene rings is 1. The van der Waals surface area contributed by atoms with E-state index < -0.39 is 6.10 Å². The summed E-state index contributed by atoms with van der Waals surface area (Å²) in [5.41, 5.74) is 0.488. The van der Waals surface area contributed by atoms with E-state index >= 15 is 0 Å². The van der Waals surface area contributed by atoms with Crippen molar-refractivity contribution in [3.05, 3.63) is 29.8 Å². The molecule has 1 N–H and O–H groups in total. The molecule has 1 unspecified atom stereocenters. The van der Waals surface area contributed by atoms with Crippen molar-refractivity contribution in [1.29, 1.82) is 0 Å². The first-order valence-electron chi connectivity index (χ1n) is 6.10. The average molecular weight is 259 g/mol. The summed E-state index contributed by atoms with van der Waals surface area (Å²) in [6, 6.07) is 6.88. The maximum atomic E-state index is 11.8. The van der Waals surface area contributed by atoms with E-state index in [-0.39, 0.29) is 18.2 Å². The van der Waals surface area contributed by atoms with Gasteiger partial charge in [0.2, 0.25) is 0 Å². The van der Waals surface area contributed by atoms with Gasteiger partial charge in [-0.3, -0.25) is 9.59 Å². The summed E-state index contributed by atoms with van der Waals surface area (Å²) in [6.45, 7) is 3.54. The Bertz CT molecular complexity index is 502. The third kappa shape index (κ3) is 4.14. The van der Waals surface area contributed by atoms with Crippen LogP contribution in [0, 0.1) is 12.3 Å². The summed E-state index contributed by atoms with van der Waals surface area (Å²) in [7, 11) is 0. The maximum absolute atomic E-state index is 11.8. The number of hydrogen-bond acceptors (Lipinski definition) is 3. The van der Waals surface area contributed by atoms with Gasteiger partial charge in [-0.25, -0.2) is 0 Å². The summed E-state index contributed by atoms with van der Waals surface area (Å²) in [5, 5.41) is 2.53. The van der Waals surface area contributed by atoms with Crippen LogP contribution in [0.3, 0.4) is 0 Å². The van der Waals surface area contributed by atoms with Crippen molar-refractivity contribution in [3.63, 3.8) is 0 Å². The van der Waals surface area contributed by atoms with Crippen LogP contribution in [0.5, 0.6) is 5.75 Å². The topological polar surface area (TPSA) is 55.4 Å². The van der Waals surface area contributed by atoms with Crippen LogP contribution >= 0.6 is 0 Å². The highest BCUT2D eigenvalue weighted by Crippen LogP contribution is 2.20. The number of hydrogen-bond donors (Lipinski definition) is 1. The normalized spacial score (nSPS) is 11.2. The van der Waals surface area contributed by atoms with Crippen molar-refractivity contribution in [2.75, 3.05) is 6.54 Å². The van der Waals surface area contributed by atoms with E-state index in [1.165, 1.54) is 0 Å². The van der Waals surface area contributed by atoms with E-state index in [0.717, 1.165) is 0 Å². The molecule has 0 aliphatic heterocycles. The summed E-state index contributed by atoms with van der Waals surface area (Å²) in [5.74, 6) is 2.40. The van der Waals surface area contributed by atoms with Gasteiger partial charge in [0, 0.05) is 6.42 Å². The van der Waals surface area contributed by atoms with E-state index in [0.29, 0.717) is 17.7 Å². The van der Waals surface area contributed by atoms with Crippen LogP contribution in [-0.2, 0) is 4.79 Å². The number of ether oxygens (including phenoxy) is 1. The van der Waals surface area contributed by atoms with Gasteiger partial charge in [-0.1, -0.05) is 25.0 Å². The van der Waals surface area contributed by atoms with Crippen LogP contribution in [0.25, 0.3) is 0 Å². The lowest BCUT2D eigenvalue weighted by molar-refractivity contribution is -0.127. The molecule has 0 radical (unpaired) electrons. The summed E-state index contributed by atoms with van der Waals surface area (Å²) >= 11 is 0. The third-order valence-electron chi connectivity index (χ3n) is 2.55. The van der Waals surface area contributed by atoms with Gasteiger partial charge in [0.05, 0.1) is 12.1 Å². The molecular weight excluding hydrogens is 242 g/mol. The Morgan fingerprint density at radius 3 is 2.74 bits per heavy atom. The Kier molecular flexibility index (Phi) is 5.62. The van der Waals surface area contributed by atoms with E-state index in [1.807, 2.05) is 0 Å². The molecule has 1 aromatic rings. The molecular formula is C15H17NO3. The number of carbonyl (C=O) groups is 2. The molecule has 0 saturated carbocycles. The van der Waals surface area contributed by atoms with Gasteiger partial charge in [-0.2, -0.15) is 0 Å². The molecule has 4 heteroatoms. The zero-order valence-corrected chi connectivity index (χ0v) is 11.1. The van der Waals surface area contributed by atoms with E-state index in [4.69, 9.17) is 11.2 Å². The second kappa shape index (κ2) is 7.22. The summed E-state index contributed by atoms with van der Waals surface area (Å²) in [4.78, 5) is 23.4. The van der Waals surface area contributed by atoms with Crippen LogP contribution in [0.15, 0.2) is 24.3 Å². The maximum Gasteiger partial charge on any atom is 0.261 e. The lowest BCUT2D eigenvalue weighted by Crippen LogP contribution is -2.36. The molecule has 0 saturated heterocycles. The first-order chi connectivity index (χ1) is 9.10. The molecule has 1 atom stereocenters. The van der Waals surface area contributed by atoms with Gasteiger partial charge >= 0.3 is 0 Å². The van der Waals surface area contributed by atoms with Crippen molar-refractivity contribution >= 4 is 11.7 Å². The smallest absolute Gasteiger partial charge is 0.261 e.